The normalized spacial score (nSPS) is 11.8. The molecule has 0 saturated heterocycles. The minimum atomic E-state index is -4.08. The molecular formula is C19H21ClF2N2O4S. The maximum Gasteiger partial charge on any atom is 0.387 e. The average molecular weight is 447 g/mol. The predicted octanol–water partition coefficient (Wildman–Crippen LogP) is 4.13. The van der Waals surface area contributed by atoms with Crippen molar-refractivity contribution < 1.29 is 26.7 Å². The minimum absolute atomic E-state index is 0.248. The number of anilines is 1. The Balaban J connectivity index is 2.16. The Morgan fingerprint density at radius 1 is 1.17 bits per heavy atom. The van der Waals surface area contributed by atoms with Crippen LogP contribution in [-0.4, -0.2) is 38.8 Å². The van der Waals surface area contributed by atoms with Crippen LogP contribution >= 0.6 is 11.6 Å². The molecule has 29 heavy (non-hydrogen) atoms. The molecule has 0 fully saturated rings. The van der Waals surface area contributed by atoms with Crippen molar-refractivity contribution in [3.63, 3.8) is 0 Å². The molecule has 0 bridgehead atoms. The van der Waals surface area contributed by atoms with Crippen LogP contribution in [0.15, 0.2) is 35.2 Å². The lowest BCUT2D eigenvalue weighted by molar-refractivity contribution is -0.116. The molecule has 1 N–H and O–H groups in total. The number of aryl methyl sites for hydroxylation is 3. The molecule has 0 aliphatic heterocycles. The van der Waals surface area contributed by atoms with Crippen molar-refractivity contribution in [1.82, 2.24) is 4.31 Å². The van der Waals surface area contributed by atoms with E-state index < -0.39 is 29.1 Å². The van der Waals surface area contributed by atoms with Crippen molar-refractivity contribution in [1.29, 1.82) is 0 Å². The summed E-state index contributed by atoms with van der Waals surface area (Å²) in [7, 11) is -2.84. The Bertz CT molecular complexity index is 1010. The van der Waals surface area contributed by atoms with Crippen molar-refractivity contribution in [2.45, 2.75) is 32.3 Å². The van der Waals surface area contributed by atoms with E-state index in [2.05, 4.69) is 10.1 Å². The molecule has 0 unspecified atom stereocenters. The number of alkyl halides is 2. The van der Waals surface area contributed by atoms with Crippen LogP contribution in [0.25, 0.3) is 0 Å². The SMILES string of the molecule is Cc1cc(C)c(NC(=O)CN(C)S(=O)(=O)c2ccc(OC(F)F)c(Cl)c2)c(C)c1. The maximum atomic E-state index is 12.7. The van der Waals surface area contributed by atoms with E-state index in [1.165, 1.54) is 7.05 Å². The number of nitrogens with one attached hydrogen (secondary N) is 1. The molecule has 0 aromatic heterocycles. The first-order chi connectivity index (χ1) is 13.4. The van der Waals surface area contributed by atoms with Gasteiger partial charge in [-0.05, 0) is 50.1 Å². The van der Waals surface area contributed by atoms with Crippen LogP contribution in [0.5, 0.6) is 5.75 Å². The number of hydrogen-bond acceptors (Lipinski definition) is 4. The van der Waals surface area contributed by atoms with Gasteiger partial charge in [0.25, 0.3) is 0 Å². The standard InChI is InChI=1S/C19H21ClF2N2O4S/c1-11-7-12(2)18(13(3)8-11)23-17(25)10-24(4)29(26,27)14-5-6-16(15(20)9-14)28-19(21)22/h5-9,19H,10H2,1-4H3,(H,23,25). The molecule has 10 heteroatoms. The Morgan fingerprint density at radius 2 is 1.76 bits per heavy atom. The van der Waals surface area contributed by atoms with E-state index in [0.717, 1.165) is 39.2 Å². The van der Waals surface area contributed by atoms with Crippen molar-refractivity contribution in [2.75, 3.05) is 18.9 Å². The van der Waals surface area contributed by atoms with Gasteiger partial charge in [-0.25, -0.2) is 8.42 Å². The number of hydrogen-bond donors (Lipinski definition) is 1. The summed E-state index contributed by atoms with van der Waals surface area (Å²) >= 11 is 5.82. The molecule has 2 rings (SSSR count). The van der Waals surface area contributed by atoms with Gasteiger partial charge < -0.3 is 10.1 Å². The predicted molar refractivity (Wildman–Crippen MR) is 107 cm³/mol. The van der Waals surface area contributed by atoms with E-state index in [0.29, 0.717) is 5.69 Å². The van der Waals surface area contributed by atoms with Crippen molar-refractivity contribution >= 4 is 33.2 Å². The van der Waals surface area contributed by atoms with Crippen LogP contribution in [-0.2, 0) is 14.8 Å². The number of sulfonamides is 1. The molecule has 2 aromatic rings. The van der Waals surface area contributed by atoms with E-state index in [9.17, 15) is 22.0 Å². The lowest BCUT2D eigenvalue weighted by Crippen LogP contribution is -2.35. The molecule has 0 spiro atoms. The first-order valence-corrected chi connectivity index (χ1v) is 10.3. The largest absolute Gasteiger partial charge is 0.433 e. The quantitative estimate of drug-likeness (QED) is 0.694. The first kappa shape index (κ1) is 23.1. The summed E-state index contributed by atoms with van der Waals surface area (Å²) in [5.41, 5.74) is 3.40. The Kier molecular flexibility index (Phi) is 7.20. The summed E-state index contributed by atoms with van der Waals surface area (Å²) in [4.78, 5) is 12.1. The second-order valence-corrected chi connectivity index (χ2v) is 9.01. The van der Waals surface area contributed by atoms with Gasteiger partial charge in [-0.1, -0.05) is 29.3 Å². The Morgan fingerprint density at radius 3 is 2.28 bits per heavy atom. The first-order valence-electron chi connectivity index (χ1n) is 8.50. The zero-order valence-electron chi connectivity index (χ0n) is 16.3. The van der Waals surface area contributed by atoms with Crippen LogP contribution in [0, 0.1) is 20.8 Å². The van der Waals surface area contributed by atoms with Crippen LogP contribution in [0.2, 0.25) is 5.02 Å². The molecule has 1 amide bonds. The highest BCUT2D eigenvalue weighted by Crippen LogP contribution is 2.29. The van der Waals surface area contributed by atoms with Crippen LogP contribution in [0.4, 0.5) is 14.5 Å². The van der Waals surface area contributed by atoms with E-state index in [-0.39, 0.29) is 15.7 Å². The third kappa shape index (κ3) is 5.65. The molecule has 2 aromatic carbocycles. The highest BCUT2D eigenvalue weighted by Gasteiger charge is 2.25. The second kappa shape index (κ2) is 9.06. The molecule has 158 valence electrons. The Hall–Kier alpha value is -2.23. The highest BCUT2D eigenvalue weighted by atomic mass is 35.5. The van der Waals surface area contributed by atoms with Gasteiger partial charge in [-0.15, -0.1) is 0 Å². The topological polar surface area (TPSA) is 75.7 Å². The van der Waals surface area contributed by atoms with Gasteiger partial charge in [0, 0.05) is 12.7 Å². The number of benzene rings is 2. The molecule has 0 aliphatic carbocycles. The number of likely N-dealkylation sites (N-methyl/N-ethyl adjacent to an activating group) is 1. The zero-order valence-corrected chi connectivity index (χ0v) is 17.9. The highest BCUT2D eigenvalue weighted by molar-refractivity contribution is 7.89. The summed E-state index contributed by atoms with van der Waals surface area (Å²) in [5.74, 6) is -0.860. The van der Waals surface area contributed by atoms with Crippen LogP contribution in [0.3, 0.4) is 0 Å². The van der Waals surface area contributed by atoms with Gasteiger partial charge in [-0.2, -0.15) is 13.1 Å². The van der Waals surface area contributed by atoms with Gasteiger partial charge in [-0.3, -0.25) is 4.79 Å². The number of nitrogens with zero attached hydrogens (tertiary/aromatic N) is 1. The summed E-state index contributed by atoms with van der Waals surface area (Å²) in [6, 6.07) is 6.94. The number of carbonyl (C=O) groups excluding carboxylic acids is 1. The molecule has 0 atom stereocenters. The molecule has 0 radical (unpaired) electrons. The van der Waals surface area contributed by atoms with Gasteiger partial charge >= 0.3 is 6.61 Å². The number of rotatable bonds is 7. The van der Waals surface area contributed by atoms with Crippen molar-refractivity contribution in [3.8, 4) is 5.75 Å². The lowest BCUT2D eigenvalue weighted by atomic mass is 10.1. The minimum Gasteiger partial charge on any atom is -0.433 e. The molecule has 6 nitrogen and oxygen atoms in total. The fraction of sp³-hybridized carbons (Fsp3) is 0.316. The molecule has 0 aliphatic rings. The smallest absolute Gasteiger partial charge is 0.387 e. The average Bonchev–Trinajstić information content (AvgIpc) is 2.59. The number of halogens is 3. The van der Waals surface area contributed by atoms with Gasteiger partial charge in [0.1, 0.15) is 5.75 Å². The third-order valence-corrected chi connectivity index (χ3v) is 6.23. The summed E-state index contributed by atoms with van der Waals surface area (Å²) < 4.78 is 55.0. The maximum absolute atomic E-state index is 12.7. The Labute approximate surface area is 173 Å². The fourth-order valence-electron chi connectivity index (χ4n) is 2.86. The van der Waals surface area contributed by atoms with Crippen LogP contribution in [0.1, 0.15) is 16.7 Å². The van der Waals surface area contributed by atoms with Crippen molar-refractivity contribution in [3.05, 3.63) is 52.0 Å². The number of amides is 1. The van der Waals surface area contributed by atoms with E-state index in [1.807, 2.05) is 32.9 Å². The van der Waals surface area contributed by atoms with Gasteiger partial charge in [0.2, 0.25) is 15.9 Å². The monoisotopic (exact) mass is 446 g/mol. The fourth-order valence-corrected chi connectivity index (χ4v) is 4.30. The summed E-state index contributed by atoms with van der Waals surface area (Å²) in [6.45, 7) is 2.11. The van der Waals surface area contributed by atoms with E-state index in [4.69, 9.17) is 11.6 Å². The van der Waals surface area contributed by atoms with Crippen LogP contribution < -0.4 is 10.1 Å². The number of ether oxygens (including phenoxy) is 1. The lowest BCUT2D eigenvalue weighted by Gasteiger charge is -2.19. The van der Waals surface area contributed by atoms with Gasteiger partial charge in [0.15, 0.2) is 0 Å². The van der Waals surface area contributed by atoms with Crippen molar-refractivity contribution in [2.24, 2.45) is 0 Å². The number of carbonyl (C=O) groups is 1. The molecule has 0 heterocycles. The van der Waals surface area contributed by atoms with E-state index in [1.54, 1.807) is 0 Å². The summed E-state index contributed by atoms with van der Waals surface area (Å²) in [6.07, 6.45) is 0. The molecule has 0 saturated carbocycles. The van der Waals surface area contributed by atoms with Gasteiger partial charge in [0.05, 0.1) is 16.5 Å². The van der Waals surface area contributed by atoms with E-state index >= 15 is 0 Å². The zero-order chi connectivity index (χ0) is 21.9. The molecular weight excluding hydrogens is 426 g/mol. The third-order valence-electron chi connectivity index (χ3n) is 4.14. The second-order valence-electron chi connectivity index (χ2n) is 6.55. The summed E-state index contributed by atoms with van der Waals surface area (Å²) in [5, 5.41) is 2.45.